The molecule has 1 unspecified atom stereocenters. The van der Waals surface area contributed by atoms with E-state index in [1.807, 2.05) is 18.2 Å². The molecule has 3 N–H and O–H groups in total. The highest BCUT2D eigenvalue weighted by molar-refractivity contribution is 5.29. The van der Waals surface area contributed by atoms with Crippen LogP contribution in [0.2, 0.25) is 0 Å². The predicted octanol–water partition coefficient (Wildman–Crippen LogP) is 2.82. The molecule has 94 valence electrons. The molecule has 0 aliphatic rings. The largest absolute Gasteiger partial charge is 0.508 e. The van der Waals surface area contributed by atoms with Crippen LogP contribution in [0.3, 0.4) is 0 Å². The van der Waals surface area contributed by atoms with E-state index in [0.29, 0.717) is 18.5 Å². The molecule has 2 aromatic rings. The highest BCUT2D eigenvalue weighted by atomic mass is 19.1. The Bertz CT molecular complexity index is 510. The van der Waals surface area contributed by atoms with E-state index in [0.717, 1.165) is 5.56 Å². The van der Waals surface area contributed by atoms with Crippen LogP contribution in [0.4, 0.5) is 4.39 Å². The second-order valence-electron chi connectivity index (χ2n) is 4.32. The maximum absolute atomic E-state index is 13.7. The monoisotopic (exact) mass is 245 g/mol. The van der Waals surface area contributed by atoms with Gasteiger partial charge in [0.05, 0.1) is 0 Å². The Kier molecular flexibility index (Phi) is 3.95. The van der Waals surface area contributed by atoms with Crippen molar-refractivity contribution in [3.8, 4) is 5.75 Å². The maximum atomic E-state index is 13.7. The summed E-state index contributed by atoms with van der Waals surface area (Å²) in [5.41, 5.74) is 7.42. The molecule has 2 nitrogen and oxygen atoms in total. The van der Waals surface area contributed by atoms with E-state index in [4.69, 9.17) is 5.73 Å². The number of rotatable bonds is 4. The highest BCUT2D eigenvalue weighted by Gasteiger charge is 2.14. The normalized spacial score (nSPS) is 12.3. The Morgan fingerprint density at radius 3 is 2.33 bits per heavy atom. The summed E-state index contributed by atoms with van der Waals surface area (Å²) in [5, 5.41) is 9.22. The summed E-state index contributed by atoms with van der Waals surface area (Å²) in [5.74, 6) is -0.0311. The first-order valence-corrected chi connectivity index (χ1v) is 5.93. The van der Waals surface area contributed by atoms with Crippen LogP contribution in [0.15, 0.2) is 48.5 Å². The molecule has 18 heavy (non-hydrogen) atoms. The Morgan fingerprint density at radius 1 is 1.06 bits per heavy atom. The zero-order valence-corrected chi connectivity index (χ0v) is 10.0. The molecule has 0 bridgehead atoms. The molecule has 0 aliphatic heterocycles. The van der Waals surface area contributed by atoms with E-state index in [2.05, 4.69) is 0 Å². The van der Waals surface area contributed by atoms with Gasteiger partial charge in [-0.05, 0) is 42.3 Å². The van der Waals surface area contributed by atoms with Crippen LogP contribution in [0.25, 0.3) is 0 Å². The van der Waals surface area contributed by atoms with Crippen LogP contribution < -0.4 is 5.73 Å². The molecule has 0 fully saturated rings. The van der Waals surface area contributed by atoms with Crippen molar-refractivity contribution < 1.29 is 9.50 Å². The molecule has 2 rings (SSSR count). The molecule has 0 heterocycles. The summed E-state index contributed by atoms with van der Waals surface area (Å²) in [6, 6.07) is 13.6. The highest BCUT2D eigenvalue weighted by Crippen LogP contribution is 2.23. The summed E-state index contributed by atoms with van der Waals surface area (Å²) >= 11 is 0. The van der Waals surface area contributed by atoms with Gasteiger partial charge in [0.25, 0.3) is 0 Å². The molecule has 0 radical (unpaired) electrons. The molecule has 0 saturated heterocycles. The minimum absolute atomic E-state index is 0.0456. The minimum atomic E-state index is -0.216. The van der Waals surface area contributed by atoms with Gasteiger partial charge in [-0.25, -0.2) is 4.39 Å². The number of hydrogen-bond acceptors (Lipinski definition) is 2. The van der Waals surface area contributed by atoms with Gasteiger partial charge in [-0.3, -0.25) is 0 Å². The zero-order chi connectivity index (χ0) is 13.0. The molecule has 0 spiro atoms. The van der Waals surface area contributed by atoms with Crippen LogP contribution in [0.5, 0.6) is 5.75 Å². The third-order valence-corrected chi connectivity index (χ3v) is 3.05. The average Bonchev–Trinajstić information content (AvgIpc) is 2.39. The summed E-state index contributed by atoms with van der Waals surface area (Å²) in [6.45, 7) is 0.391. The van der Waals surface area contributed by atoms with E-state index >= 15 is 0 Å². The van der Waals surface area contributed by atoms with Crippen molar-refractivity contribution in [3.05, 3.63) is 65.5 Å². The zero-order valence-electron chi connectivity index (χ0n) is 10.0. The lowest BCUT2D eigenvalue weighted by Gasteiger charge is -2.16. The smallest absolute Gasteiger partial charge is 0.126 e. The first kappa shape index (κ1) is 12.6. The third-order valence-electron chi connectivity index (χ3n) is 3.05. The van der Waals surface area contributed by atoms with Gasteiger partial charge in [0.15, 0.2) is 0 Å². The summed E-state index contributed by atoms with van der Waals surface area (Å²) < 4.78 is 13.7. The van der Waals surface area contributed by atoms with Gasteiger partial charge in [0, 0.05) is 5.92 Å². The molecule has 0 aliphatic carbocycles. The van der Waals surface area contributed by atoms with Gasteiger partial charge < -0.3 is 10.8 Å². The van der Waals surface area contributed by atoms with Gasteiger partial charge in [0.2, 0.25) is 0 Å². The fourth-order valence-electron chi connectivity index (χ4n) is 2.04. The van der Waals surface area contributed by atoms with Gasteiger partial charge in [-0.1, -0.05) is 30.3 Å². The van der Waals surface area contributed by atoms with E-state index in [-0.39, 0.29) is 17.5 Å². The number of phenols is 1. The number of benzene rings is 2. The third kappa shape index (κ3) is 2.87. The maximum Gasteiger partial charge on any atom is 0.126 e. The molecule has 0 aromatic heterocycles. The second kappa shape index (κ2) is 5.65. The quantitative estimate of drug-likeness (QED) is 0.870. The minimum Gasteiger partial charge on any atom is -0.508 e. The Balaban J connectivity index is 2.20. The summed E-state index contributed by atoms with van der Waals surface area (Å²) in [7, 11) is 0. The lowest BCUT2D eigenvalue weighted by Crippen LogP contribution is -2.16. The van der Waals surface area contributed by atoms with Crippen molar-refractivity contribution in [3.63, 3.8) is 0 Å². The first-order valence-electron chi connectivity index (χ1n) is 5.93. The van der Waals surface area contributed by atoms with E-state index in [9.17, 15) is 9.50 Å². The average molecular weight is 245 g/mol. The van der Waals surface area contributed by atoms with Crippen LogP contribution in [0, 0.1) is 5.82 Å². The molecule has 3 heteroatoms. The van der Waals surface area contributed by atoms with E-state index in [1.54, 1.807) is 24.3 Å². The van der Waals surface area contributed by atoms with Crippen molar-refractivity contribution >= 4 is 0 Å². The second-order valence-corrected chi connectivity index (χ2v) is 4.32. The van der Waals surface area contributed by atoms with Crippen LogP contribution in [-0.2, 0) is 6.42 Å². The topological polar surface area (TPSA) is 46.2 Å². The van der Waals surface area contributed by atoms with Gasteiger partial charge in [-0.2, -0.15) is 0 Å². The van der Waals surface area contributed by atoms with Crippen molar-refractivity contribution in [2.45, 2.75) is 12.3 Å². The summed E-state index contributed by atoms with van der Waals surface area (Å²) in [4.78, 5) is 0. The molecular formula is C15H16FNO. The Labute approximate surface area is 106 Å². The number of phenolic OH excluding ortho intramolecular Hbond substituents is 1. The van der Waals surface area contributed by atoms with E-state index < -0.39 is 0 Å². The SMILES string of the molecule is NCC(Cc1ccc(O)cc1)c1ccccc1F. The van der Waals surface area contributed by atoms with Gasteiger partial charge in [0.1, 0.15) is 11.6 Å². The Morgan fingerprint density at radius 2 is 1.72 bits per heavy atom. The van der Waals surface area contributed by atoms with E-state index in [1.165, 1.54) is 6.07 Å². The lowest BCUT2D eigenvalue weighted by atomic mass is 9.91. The fraction of sp³-hybridized carbons (Fsp3) is 0.200. The predicted molar refractivity (Wildman–Crippen MR) is 70.0 cm³/mol. The number of nitrogens with two attached hydrogens (primary N) is 1. The molecule has 0 amide bonds. The Hall–Kier alpha value is -1.87. The van der Waals surface area contributed by atoms with Crippen LogP contribution in [0.1, 0.15) is 17.0 Å². The molecule has 1 atom stereocenters. The summed E-state index contributed by atoms with van der Waals surface area (Å²) in [6.07, 6.45) is 0.664. The van der Waals surface area contributed by atoms with Crippen LogP contribution in [-0.4, -0.2) is 11.7 Å². The van der Waals surface area contributed by atoms with Crippen molar-refractivity contribution in [1.29, 1.82) is 0 Å². The number of aromatic hydroxyl groups is 1. The van der Waals surface area contributed by atoms with Crippen molar-refractivity contribution in [2.24, 2.45) is 5.73 Å². The number of halogens is 1. The molecule has 0 saturated carbocycles. The first-order chi connectivity index (χ1) is 8.70. The van der Waals surface area contributed by atoms with Crippen LogP contribution >= 0.6 is 0 Å². The van der Waals surface area contributed by atoms with Gasteiger partial charge >= 0.3 is 0 Å². The van der Waals surface area contributed by atoms with Gasteiger partial charge in [-0.15, -0.1) is 0 Å². The molecule has 2 aromatic carbocycles. The van der Waals surface area contributed by atoms with Crippen molar-refractivity contribution in [1.82, 2.24) is 0 Å². The number of hydrogen-bond donors (Lipinski definition) is 2. The molecular weight excluding hydrogens is 229 g/mol. The van der Waals surface area contributed by atoms with Crippen molar-refractivity contribution in [2.75, 3.05) is 6.54 Å². The lowest BCUT2D eigenvalue weighted by molar-refractivity contribution is 0.475. The standard InChI is InChI=1S/C15H16FNO/c16-15-4-2-1-3-14(15)12(10-17)9-11-5-7-13(18)8-6-11/h1-8,12,18H,9-10,17H2. The fourth-order valence-corrected chi connectivity index (χ4v) is 2.04.